The Labute approximate surface area is 108 Å². The lowest BCUT2D eigenvalue weighted by Crippen LogP contribution is -2.29. The molecule has 1 aromatic carbocycles. The van der Waals surface area contributed by atoms with E-state index in [-0.39, 0.29) is 0 Å². The first-order valence-corrected chi connectivity index (χ1v) is 7.17. The van der Waals surface area contributed by atoms with Gasteiger partial charge in [-0.1, -0.05) is 29.8 Å². The van der Waals surface area contributed by atoms with Gasteiger partial charge < -0.3 is 0 Å². The third-order valence-electron chi connectivity index (χ3n) is 5.11. The van der Waals surface area contributed by atoms with E-state index in [1.807, 2.05) is 0 Å². The SMILES string of the molecule is O=C1C[C@H]2c3ccccc3CC[C@H]2C2=C1CCC2. The maximum absolute atomic E-state index is 12.3. The van der Waals surface area contributed by atoms with Crippen molar-refractivity contribution in [2.24, 2.45) is 5.92 Å². The fraction of sp³-hybridized carbons (Fsp3) is 0.471. The van der Waals surface area contributed by atoms with E-state index in [9.17, 15) is 4.79 Å². The summed E-state index contributed by atoms with van der Waals surface area (Å²) in [5.74, 6) is 1.61. The first-order chi connectivity index (χ1) is 8.84. The summed E-state index contributed by atoms with van der Waals surface area (Å²) in [5.41, 5.74) is 5.69. The molecule has 3 aliphatic carbocycles. The minimum absolute atomic E-state index is 0.445. The molecule has 4 rings (SSSR count). The van der Waals surface area contributed by atoms with Crippen molar-refractivity contribution in [2.45, 2.75) is 44.4 Å². The Balaban J connectivity index is 1.82. The molecular weight excluding hydrogens is 220 g/mol. The minimum atomic E-state index is 0.445. The van der Waals surface area contributed by atoms with E-state index >= 15 is 0 Å². The molecule has 0 bridgehead atoms. The largest absolute Gasteiger partial charge is 0.295 e. The topological polar surface area (TPSA) is 17.1 Å². The van der Waals surface area contributed by atoms with Gasteiger partial charge in [0.15, 0.2) is 5.78 Å². The molecule has 1 heteroatoms. The van der Waals surface area contributed by atoms with E-state index in [4.69, 9.17) is 0 Å². The zero-order valence-corrected chi connectivity index (χ0v) is 10.6. The molecule has 92 valence electrons. The lowest BCUT2D eigenvalue weighted by atomic mass is 9.66. The van der Waals surface area contributed by atoms with Gasteiger partial charge >= 0.3 is 0 Å². The maximum atomic E-state index is 12.3. The molecule has 0 saturated heterocycles. The van der Waals surface area contributed by atoms with Crippen LogP contribution >= 0.6 is 0 Å². The summed E-state index contributed by atoms with van der Waals surface area (Å²) in [6.07, 6.45) is 6.67. The highest BCUT2D eigenvalue weighted by Crippen LogP contribution is 2.50. The number of Topliss-reactive ketones (excluding diaryl/α,β-unsaturated/α-hetero) is 1. The molecule has 0 saturated carbocycles. The second kappa shape index (κ2) is 3.81. The third-order valence-corrected chi connectivity index (χ3v) is 5.11. The molecule has 0 heterocycles. The molecular formula is C17H18O. The zero-order valence-electron chi connectivity index (χ0n) is 10.6. The Morgan fingerprint density at radius 2 is 1.89 bits per heavy atom. The molecule has 0 unspecified atom stereocenters. The molecule has 0 aromatic heterocycles. The second-order valence-corrected chi connectivity index (χ2v) is 5.94. The van der Waals surface area contributed by atoms with Gasteiger partial charge in [-0.3, -0.25) is 4.79 Å². The van der Waals surface area contributed by atoms with Crippen LogP contribution in [0.1, 0.15) is 49.1 Å². The highest BCUT2D eigenvalue weighted by atomic mass is 16.1. The number of fused-ring (bicyclic) bond motifs is 4. The van der Waals surface area contributed by atoms with Crippen molar-refractivity contribution < 1.29 is 4.79 Å². The number of hydrogen-bond acceptors (Lipinski definition) is 1. The van der Waals surface area contributed by atoms with Crippen LogP contribution in [0, 0.1) is 5.92 Å². The van der Waals surface area contributed by atoms with Gasteiger partial charge in [0.1, 0.15) is 0 Å². The smallest absolute Gasteiger partial charge is 0.159 e. The zero-order chi connectivity index (χ0) is 12.1. The summed E-state index contributed by atoms with van der Waals surface area (Å²) >= 11 is 0. The van der Waals surface area contributed by atoms with Crippen molar-refractivity contribution in [2.75, 3.05) is 0 Å². The molecule has 0 radical (unpaired) electrons. The molecule has 0 aliphatic heterocycles. The average Bonchev–Trinajstić information content (AvgIpc) is 2.89. The van der Waals surface area contributed by atoms with Gasteiger partial charge in [-0.25, -0.2) is 0 Å². The van der Waals surface area contributed by atoms with Crippen LogP contribution in [0.25, 0.3) is 0 Å². The number of ketones is 1. The van der Waals surface area contributed by atoms with E-state index < -0.39 is 0 Å². The van der Waals surface area contributed by atoms with Crippen molar-refractivity contribution in [1.29, 1.82) is 0 Å². The molecule has 1 nitrogen and oxygen atoms in total. The summed E-state index contributed by atoms with van der Waals surface area (Å²) < 4.78 is 0. The van der Waals surface area contributed by atoms with Crippen molar-refractivity contribution in [3.63, 3.8) is 0 Å². The third kappa shape index (κ3) is 1.36. The summed E-state index contributed by atoms with van der Waals surface area (Å²) in [4.78, 5) is 12.3. The van der Waals surface area contributed by atoms with Gasteiger partial charge in [0.2, 0.25) is 0 Å². The van der Waals surface area contributed by atoms with Crippen LogP contribution < -0.4 is 0 Å². The number of carbonyl (C=O) groups excluding carboxylic acids is 1. The van der Waals surface area contributed by atoms with Gasteiger partial charge in [0.05, 0.1) is 0 Å². The van der Waals surface area contributed by atoms with Crippen LogP contribution in [0.2, 0.25) is 0 Å². The second-order valence-electron chi connectivity index (χ2n) is 5.94. The quantitative estimate of drug-likeness (QED) is 0.672. The number of allylic oxidation sites excluding steroid dienone is 2. The first-order valence-electron chi connectivity index (χ1n) is 7.17. The van der Waals surface area contributed by atoms with E-state index in [2.05, 4.69) is 24.3 Å². The summed E-state index contributed by atoms with van der Waals surface area (Å²) in [6.45, 7) is 0. The molecule has 0 spiro atoms. The lowest BCUT2D eigenvalue weighted by Gasteiger charge is -2.38. The highest BCUT2D eigenvalue weighted by Gasteiger charge is 2.40. The number of carbonyl (C=O) groups is 1. The number of hydrogen-bond donors (Lipinski definition) is 0. The average molecular weight is 238 g/mol. The number of aryl methyl sites for hydroxylation is 1. The maximum Gasteiger partial charge on any atom is 0.159 e. The number of rotatable bonds is 0. The fourth-order valence-corrected chi connectivity index (χ4v) is 4.34. The van der Waals surface area contributed by atoms with Crippen molar-refractivity contribution in [3.8, 4) is 0 Å². The van der Waals surface area contributed by atoms with E-state index in [0.717, 1.165) is 12.8 Å². The monoisotopic (exact) mass is 238 g/mol. The Morgan fingerprint density at radius 3 is 2.83 bits per heavy atom. The number of benzene rings is 1. The summed E-state index contributed by atoms with van der Waals surface area (Å²) in [6, 6.07) is 8.75. The van der Waals surface area contributed by atoms with Crippen LogP contribution in [-0.2, 0) is 11.2 Å². The molecule has 18 heavy (non-hydrogen) atoms. The van der Waals surface area contributed by atoms with E-state index in [1.165, 1.54) is 48.0 Å². The molecule has 0 N–H and O–H groups in total. The van der Waals surface area contributed by atoms with Crippen LogP contribution in [0.5, 0.6) is 0 Å². The predicted molar refractivity (Wildman–Crippen MR) is 71.5 cm³/mol. The van der Waals surface area contributed by atoms with Gasteiger partial charge in [0.25, 0.3) is 0 Å². The van der Waals surface area contributed by atoms with Gasteiger partial charge in [-0.15, -0.1) is 0 Å². The molecule has 0 fully saturated rings. The summed E-state index contributed by atoms with van der Waals surface area (Å²) in [7, 11) is 0. The Hall–Kier alpha value is -1.37. The molecule has 2 atom stereocenters. The van der Waals surface area contributed by atoms with Crippen LogP contribution in [0.3, 0.4) is 0 Å². The molecule has 3 aliphatic rings. The van der Waals surface area contributed by atoms with E-state index in [0.29, 0.717) is 17.6 Å². The standard InChI is InChI=1S/C17H18O/c18-17-10-16-12-5-2-1-4-11(12)8-9-14(16)13-6-3-7-15(13)17/h1-2,4-5,14,16H,3,6-10H2/t14-,16-/m0/s1. The Bertz CT molecular complexity index is 552. The van der Waals surface area contributed by atoms with Crippen LogP contribution in [-0.4, -0.2) is 5.78 Å². The van der Waals surface area contributed by atoms with Crippen LogP contribution in [0.15, 0.2) is 35.4 Å². The van der Waals surface area contributed by atoms with Gasteiger partial charge in [0, 0.05) is 6.42 Å². The highest BCUT2D eigenvalue weighted by molar-refractivity contribution is 5.98. The molecule has 0 amide bonds. The first kappa shape index (κ1) is 10.5. The summed E-state index contributed by atoms with van der Waals surface area (Å²) in [5, 5.41) is 0. The fourth-order valence-electron chi connectivity index (χ4n) is 4.34. The predicted octanol–water partition coefficient (Wildman–Crippen LogP) is 3.79. The van der Waals surface area contributed by atoms with E-state index in [1.54, 1.807) is 0 Å². The Kier molecular flexibility index (Phi) is 2.23. The minimum Gasteiger partial charge on any atom is -0.295 e. The van der Waals surface area contributed by atoms with Gasteiger partial charge in [-0.05, 0) is 60.6 Å². The van der Waals surface area contributed by atoms with Crippen molar-refractivity contribution in [1.82, 2.24) is 0 Å². The van der Waals surface area contributed by atoms with Crippen molar-refractivity contribution >= 4 is 5.78 Å². The molecule has 1 aromatic rings. The lowest BCUT2D eigenvalue weighted by molar-refractivity contribution is -0.116. The Morgan fingerprint density at radius 1 is 1.00 bits per heavy atom. The van der Waals surface area contributed by atoms with Crippen molar-refractivity contribution in [3.05, 3.63) is 46.5 Å². The van der Waals surface area contributed by atoms with Gasteiger partial charge in [-0.2, -0.15) is 0 Å². The van der Waals surface area contributed by atoms with Crippen LogP contribution in [0.4, 0.5) is 0 Å². The normalized spacial score (nSPS) is 29.9.